The predicted octanol–water partition coefficient (Wildman–Crippen LogP) is 7.48. The number of nitrogens with zero attached hydrogens (tertiary/aromatic N) is 2. The van der Waals surface area contributed by atoms with Crippen LogP contribution >= 0.6 is 0 Å². The molecule has 3 aromatic carbocycles. The number of hydrogen-bond acceptors (Lipinski definition) is 2. The standard InChI is InChI=1S/C30H40N2/c1-8-31(9-2)28-16-12-14-26(23(28)6)30(25-20-18-22(5)19-21-25)27-15-13-17-29(24(27)7)32(10-3)11-4/h12-21,30H,8-11H2,1-7H3. The first kappa shape index (κ1) is 23.9. The third-order valence-corrected chi connectivity index (χ3v) is 6.94. The highest BCUT2D eigenvalue weighted by molar-refractivity contribution is 5.64. The Morgan fingerprint density at radius 2 is 0.969 bits per heavy atom. The van der Waals surface area contributed by atoms with E-state index in [1.54, 1.807) is 0 Å². The molecular weight excluding hydrogens is 388 g/mol. The smallest absolute Gasteiger partial charge is 0.0398 e. The highest BCUT2D eigenvalue weighted by atomic mass is 15.1. The van der Waals surface area contributed by atoms with Crippen molar-refractivity contribution >= 4 is 11.4 Å². The summed E-state index contributed by atoms with van der Waals surface area (Å²) < 4.78 is 0. The second-order valence-electron chi connectivity index (χ2n) is 8.67. The fourth-order valence-electron chi connectivity index (χ4n) is 5.01. The zero-order chi connectivity index (χ0) is 23.3. The van der Waals surface area contributed by atoms with Gasteiger partial charge in [-0.3, -0.25) is 0 Å². The molecule has 0 heterocycles. The van der Waals surface area contributed by atoms with Crippen LogP contribution in [0.15, 0.2) is 60.7 Å². The molecule has 3 aromatic rings. The van der Waals surface area contributed by atoms with Gasteiger partial charge in [0.05, 0.1) is 0 Å². The highest BCUT2D eigenvalue weighted by Crippen LogP contribution is 2.40. The van der Waals surface area contributed by atoms with Crippen LogP contribution in [0.25, 0.3) is 0 Å². The van der Waals surface area contributed by atoms with Crippen molar-refractivity contribution in [1.82, 2.24) is 0 Å². The molecule has 32 heavy (non-hydrogen) atoms. The summed E-state index contributed by atoms with van der Waals surface area (Å²) in [6.45, 7) is 19.8. The molecule has 0 amide bonds. The van der Waals surface area contributed by atoms with E-state index in [0.29, 0.717) is 0 Å². The van der Waals surface area contributed by atoms with Crippen molar-refractivity contribution in [3.05, 3.63) is 94.0 Å². The van der Waals surface area contributed by atoms with Crippen LogP contribution in [0.1, 0.15) is 67.0 Å². The number of benzene rings is 3. The van der Waals surface area contributed by atoms with E-state index in [2.05, 4.69) is 119 Å². The van der Waals surface area contributed by atoms with Crippen molar-refractivity contribution < 1.29 is 0 Å². The fourth-order valence-corrected chi connectivity index (χ4v) is 5.01. The minimum absolute atomic E-state index is 0.210. The summed E-state index contributed by atoms with van der Waals surface area (Å²) in [4.78, 5) is 4.93. The van der Waals surface area contributed by atoms with Crippen molar-refractivity contribution in [2.24, 2.45) is 0 Å². The van der Waals surface area contributed by atoms with Crippen LogP contribution in [0, 0.1) is 20.8 Å². The maximum atomic E-state index is 2.46. The van der Waals surface area contributed by atoms with Gasteiger partial charge in [0.2, 0.25) is 0 Å². The van der Waals surface area contributed by atoms with Crippen LogP contribution in [0.2, 0.25) is 0 Å². The normalized spacial score (nSPS) is 11.1. The Morgan fingerprint density at radius 3 is 1.34 bits per heavy atom. The molecule has 0 radical (unpaired) electrons. The Bertz CT molecular complexity index is 950. The highest BCUT2D eigenvalue weighted by Gasteiger charge is 2.24. The lowest BCUT2D eigenvalue weighted by Gasteiger charge is -2.30. The van der Waals surface area contributed by atoms with Gasteiger partial charge >= 0.3 is 0 Å². The van der Waals surface area contributed by atoms with Crippen LogP contribution in [0.5, 0.6) is 0 Å². The second-order valence-corrected chi connectivity index (χ2v) is 8.67. The zero-order valence-electron chi connectivity index (χ0n) is 21.1. The number of hydrogen-bond donors (Lipinski definition) is 0. The Kier molecular flexibility index (Phi) is 8.01. The van der Waals surface area contributed by atoms with E-state index in [0.717, 1.165) is 26.2 Å². The van der Waals surface area contributed by atoms with Crippen LogP contribution in [-0.2, 0) is 0 Å². The largest absolute Gasteiger partial charge is 0.372 e. The maximum Gasteiger partial charge on any atom is 0.0398 e. The van der Waals surface area contributed by atoms with Gasteiger partial charge in [-0.2, -0.15) is 0 Å². The van der Waals surface area contributed by atoms with E-state index in [4.69, 9.17) is 0 Å². The topological polar surface area (TPSA) is 6.48 Å². The summed E-state index contributed by atoms with van der Waals surface area (Å²) in [7, 11) is 0. The molecule has 0 aliphatic rings. The minimum Gasteiger partial charge on any atom is -0.372 e. The molecule has 0 spiro atoms. The second kappa shape index (κ2) is 10.7. The van der Waals surface area contributed by atoms with Gasteiger partial charge in [-0.05, 0) is 88.4 Å². The predicted molar refractivity (Wildman–Crippen MR) is 142 cm³/mol. The number of aryl methyl sites for hydroxylation is 1. The van der Waals surface area contributed by atoms with E-state index in [-0.39, 0.29) is 5.92 Å². The van der Waals surface area contributed by atoms with Gasteiger partial charge in [0, 0.05) is 43.5 Å². The maximum absolute atomic E-state index is 2.46. The summed E-state index contributed by atoms with van der Waals surface area (Å²) in [5.41, 5.74) is 10.9. The molecule has 0 unspecified atom stereocenters. The molecule has 0 atom stereocenters. The molecule has 3 rings (SSSR count). The lowest BCUT2D eigenvalue weighted by Crippen LogP contribution is -2.24. The fraction of sp³-hybridized carbons (Fsp3) is 0.400. The third-order valence-electron chi connectivity index (χ3n) is 6.94. The van der Waals surface area contributed by atoms with Crippen molar-refractivity contribution in [3.8, 4) is 0 Å². The number of rotatable bonds is 9. The van der Waals surface area contributed by atoms with Crippen LogP contribution in [-0.4, -0.2) is 26.2 Å². The van der Waals surface area contributed by atoms with E-state index in [1.165, 1.54) is 44.8 Å². The minimum atomic E-state index is 0.210. The Labute approximate surface area is 195 Å². The van der Waals surface area contributed by atoms with Gasteiger partial charge in [-0.1, -0.05) is 54.1 Å². The van der Waals surface area contributed by atoms with Gasteiger partial charge in [0.25, 0.3) is 0 Å². The van der Waals surface area contributed by atoms with E-state index in [9.17, 15) is 0 Å². The van der Waals surface area contributed by atoms with Crippen LogP contribution < -0.4 is 9.80 Å². The SMILES string of the molecule is CCN(CC)c1cccc(C(c2ccc(C)cc2)c2cccc(N(CC)CC)c2C)c1C. The summed E-state index contributed by atoms with van der Waals surface area (Å²) >= 11 is 0. The molecule has 0 bridgehead atoms. The van der Waals surface area contributed by atoms with Crippen molar-refractivity contribution in [3.63, 3.8) is 0 Å². The van der Waals surface area contributed by atoms with Crippen molar-refractivity contribution in [2.75, 3.05) is 36.0 Å². The molecular formula is C30H40N2. The monoisotopic (exact) mass is 428 g/mol. The van der Waals surface area contributed by atoms with Crippen LogP contribution in [0.4, 0.5) is 11.4 Å². The summed E-state index contributed by atoms with van der Waals surface area (Å²) in [5, 5.41) is 0. The third kappa shape index (κ3) is 4.70. The molecule has 0 N–H and O–H groups in total. The van der Waals surface area contributed by atoms with Gasteiger partial charge in [-0.25, -0.2) is 0 Å². The Balaban J connectivity index is 2.26. The van der Waals surface area contributed by atoms with Gasteiger partial charge < -0.3 is 9.80 Å². The lowest BCUT2D eigenvalue weighted by molar-refractivity contribution is 0.848. The summed E-state index contributed by atoms with van der Waals surface area (Å²) in [6, 6.07) is 22.8. The average molecular weight is 429 g/mol. The van der Waals surface area contributed by atoms with Crippen molar-refractivity contribution in [2.45, 2.75) is 54.4 Å². The van der Waals surface area contributed by atoms with E-state index >= 15 is 0 Å². The van der Waals surface area contributed by atoms with Gasteiger partial charge in [0.1, 0.15) is 0 Å². The summed E-state index contributed by atoms with van der Waals surface area (Å²) in [6.07, 6.45) is 0. The van der Waals surface area contributed by atoms with Crippen LogP contribution in [0.3, 0.4) is 0 Å². The average Bonchev–Trinajstić information content (AvgIpc) is 2.80. The molecule has 170 valence electrons. The van der Waals surface area contributed by atoms with Crippen molar-refractivity contribution in [1.29, 1.82) is 0 Å². The Hall–Kier alpha value is -2.74. The van der Waals surface area contributed by atoms with E-state index in [1.807, 2.05) is 0 Å². The quantitative estimate of drug-likeness (QED) is 0.326. The molecule has 0 fully saturated rings. The molecule has 0 aliphatic carbocycles. The summed E-state index contributed by atoms with van der Waals surface area (Å²) in [5.74, 6) is 0.210. The van der Waals surface area contributed by atoms with E-state index < -0.39 is 0 Å². The first-order chi connectivity index (χ1) is 15.5. The molecule has 0 aromatic heterocycles. The van der Waals surface area contributed by atoms with Gasteiger partial charge in [0.15, 0.2) is 0 Å². The Morgan fingerprint density at radius 1 is 0.562 bits per heavy atom. The molecule has 0 saturated heterocycles. The number of anilines is 2. The van der Waals surface area contributed by atoms with Gasteiger partial charge in [-0.15, -0.1) is 0 Å². The lowest BCUT2D eigenvalue weighted by atomic mass is 9.80. The zero-order valence-corrected chi connectivity index (χ0v) is 21.1. The molecule has 0 aliphatic heterocycles. The molecule has 2 nitrogen and oxygen atoms in total. The first-order valence-corrected chi connectivity index (χ1v) is 12.2. The molecule has 0 saturated carbocycles. The first-order valence-electron chi connectivity index (χ1n) is 12.2. The molecule has 2 heteroatoms.